The lowest BCUT2D eigenvalue weighted by molar-refractivity contribution is -0.133. The van der Waals surface area contributed by atoms with Crippen molar-refractivity contribution in [2.75, 3.05) is 5.75 Å². The van der Waals surface area contributed by atoms with Gasteiger partial charge in [-0.25, -0.2) is 0 Å². The number of rotatable bonds is 4. The minimum absolute atomic E-state index is 0.0660. The van der Waals surface area contributed by atoms with Gasteiger partial charge in [-0.05, 0) is 11.6 Å². The summed E-state index contributed by atoms with van der Waals surface area (Å²) in [6.45, 7) is 0. The highest BCUT2D eigenvalue weighted by Crippen LogP contribution is 2.27. The van der Waals surface area contributed by atoms with Gasteiger partial charge < -0.3 is 10.1 Å². The quantitative estimate of drug-likeness (QED) is 0.827. The Morgan fingerprint density at radius 2 is 2.11 bits per heavy atom. The smallest absolute Gasteiger partial charge is 0.313 e. The van der Waals surface area contributed by atoms with Gasteiger partial charge in [-0.1, -0.05) is 42.1 Å². The van der Waals surface area contributed by atoms with Crippen molar-refractivity contribution >= 4 is 17.7 Å². The van der Waals surface area contributed by atoms with Crippen LogP contribution in [0.25, 0.3) is 11.3 Å². The molecule has 1 heterocycles. The van der Waals surface area contributed by atoms with E-state index in [1.54, 1.807) is 6.07 Å². The zero-order chi connectivity index (χ0) is 13.0. The maximum absolute atomic E-state index is 10.5. The number of nitriles is 1. The topological polar surface area (TPSA) is 76.9 Å². The zero-order valence-corrected chi connectivity index (χ0v) is 10.2. The minimum atomic E-state index is -0.903. The Morgan fingerprint density at radius 1 is 1.39 bits per heavy atom. The second kappa shape index (κ2) is 5.43. The van der Waals surface area contributed by atoms with Gasteiger partial charge in [0.1, 0.15) is 6.07 Å². The molecule has 0 saturated carbocycles. The zero-order valence-electron chi connectivity index (χ0n) is 9.38. The van der Waals surface area contributed by atoms with Crippen LogP contribution in [0.5, 0.6) is 0 Å². The van der Waals surface area contributed by atoms with Gasteiger partial charge in [0.2, 0.25) is 0 Å². The molecule has 0 radical (unpaired) electrons. The van der Waals surface area contributed by atoms with Crippen molar-refractivity contribution in [2.24, 2.45) is 0 Å². The average molecular weight is 258 g/mol. The van der Waals surface area contributed by atoms with E-state index in [0.29, 0.717) is 10.6 Å². The molecule has 0 saturated heterocycles. The summed E-state index contributed by atoms with van der Waals surface area (Å²) in [6.07, 6.45) is 0. The first-order valence-corrected chi connectivity index (χ1v) is 6.22. The molecule has 2 rings (SSSR count). The summed E-state index contributed by atoms with van der Waals surface area (Å²) in [5, 5.41) is 18.3. The summed E-state index contributed by atoms with van der Waals surface area (Å²) in [6, 6.07) is 13.4. The van der Waals surface area contributed by atoms with Gasteiger partial charge in [0, 0.05) is 5.69 Å². The molecule has 5 heteroatoms. The largest absolute Gasteiger partial charge is 0.481 e. The van der Waals surface area contributed by atoms with E-state index in [1.807, 2.05) is 30.3 Å². The predicted molar refractivity (Wildman–Crippen MR) is 69.3 cm³/mol. The van der Waals surface area contributed by atoms with E-state index in [-0.39, 0.29) is 5.75 Å². The number of aromatic amines is 1. The van der Waals surface area contributed by atoms with Gasteiger partial charge in [-0.2, -0.15) is 5.26 Å². The van der Waals surface area contributed by atoms with Crippen LogP contribution in [-0.2, 0) is 4.79 Å². The Morgan fingerprint density at radius 3 is 2.72 bits per heavy atom. The molecule has 0 spiro atoms. The fraction of sp³-hybridized carbons (Fsp3) is 0.0769. The molecule has 0 fully saturated rings. The molecule has 0 aliphatic rings. The number of nitrogens with one attached hydrogen (secondary N) is 1. The number of benzene rings is 1. The summed E-state index contributed by atoms with van der Waals surface area (Å²) in [5.74, 6) is -0.969. The third-order valence-electron chi connectivity index (χ3n) is 2.33. The second-order valence-corrected chi connectivity index (χ2v) is 4.57. The normalized spacial score (nSPS) is 9.94. The monoisotopic (exact) mass is 258 g/mol. The van der Waals surface area contributed by atoms with E-state index < -0.39 is 5.97 Å². The van der Waals surface area contributed by atoms with Crippen LogP contribution in [0.3, 0.4) is 0 Å². The number of H-pyrrole nitrogens is 1. The molecule has 90 valence electrons. The number of aromatic nitrogens is 1. The molecule has 1 aromatic heterocycles. The van der Waals surface area contributed by atoms with Crippen molar-refractivity contribution in [3.05, 3.63) is 42.0 Å². The Bertz CT molecular complexity index is 599. The first-order chi connectivity index (χ1) is 8.70. The standard InChI is InChI=1S/C13H10N2O2S/c14-7-10-6-11(9-4-2-1-3-5-9)15-13(10)18-8-12(16)17/h1-6,15H,8H2,(H,16,17). The molecule has 0 aliphatic heterocycles. The van der Waals surface area contributed by atoms with Crippen LogP contribution in [-0.4, -0.2) is 21.8 Å². The van der Waals surface area contributed by atoms with E-state index in [0.717, 1.165) is 23.0 Å². The SMILES string of the molecule is N#Cc1cc(-c2ccccc2)[nH]c1SCC(=O)O. The fourth-order valence-corrected chi connectivity index (χ4v) is 2.25. The van der Waals surface area contributed by atoms with Crippen molar-refractivity contribution < 1.29 is 9.90 Å². The number of hydrogen-bond donors (Lipinski definition) is 2. The first kappa shape index (κ1) is 12.3. The number of thioether (sulfide) groups is 1. The first-order valence-electron chi connectivity index (χ1n) is 5.24. The highest BCUT2D eigenvalue weighted by atomic mass is 32.2. The van der Waals surface area contributed by atoms with Crippen LogP contribution < -0.4 is 0 Å². The predicted octanol–water partition coefficient (Wildman–Crippen LogP) is 2.73. The molecule has 0 unspecified atom stereocenters. The number of aliphatic carboxylic acids is 1. The molecule has 1 aromatic carbocycles. The van der Waals surface area contributed by atoms with E-state index in [2.05, 4.69) is 11.1 Å². The highest BCUT2D eigenvalue weighted by molar-refractivity contribution is 7.99. The minimum Gasteiger partial charge on any atom is -0.481 e. The van der Waals surface area contributed by atoms with Crippen molar-refractivity contribution in [2.45, 2.75) is 5.03 Å². The molecular weight excluding hydrogens is 248 g/mol. The van der Waals surface area contributed by atoms with Crippen LogP contribution in [0, 0.1) is 11.3 Å². The molecule has 0 bridgehead atoms. The molecule has 18 heavy (non-hydrogen) atoms. The van der Waals surface area contributed by atoms with Crippen LogP contribution >= 0.6 is 11.8 Å². The third kappa shape index (κ3) is 2.73. The Balaban J connectivity index is 2.30. The average Bonchev–Trinajstić information content (AvgIpc) is 2.80. The number of nitrogens with zero attached hydrogens (tertiary/aromatic N) is 1. The van der Waals surface area contributed by atoms with E-state index in [4.69, 9.17) is 10.4 Å². The van der Waals surface area contributed by atoms with Gasteiger partial charge in [0.05, 0.1) is 16.3 Å². The number of carboxylic acids is 1. The molecule has 0 aliphatic carbocycles. The molecule has 4 nitrogen and oxygen atoms in total. The Labute approximate surface area is 108 Å². The van der Waals surface area contributed by atoms with Crippen LogP contribution in [0.15, 0.2) is 41.4 Å². The number of carboxylic acid groups (broad SMARTS) is 1. The molecule has 2 N–H and O–H groups in total. The van der Waals surface area contributed by atoms with E-state index in [1.165, 1.54) is 0 Å². The molecular formula is C13H10N2O2S. The van der Waals surface area contributed by atoms with E-state index >= 15 is 0 Å². The molecule has 0 atom stereocenters. The van der Waals surface area contributed by atoms with Crippen molar-refractivity contribution in [1.82, 2.24) is 4.98 Å². The molecule has 2 aromatic rings. The second-order valence-electron chi connectivity index (χ2n) is 3.59. The Hall–Kier alpha value is -2.19. The maximum Gasteiger partial charge on any atom is 0.313 e. The lowest BCUT2D eigenvalue weighted by Gasteiger charge is -1.97. The molecule has 0 amide bonds. The third-order valence-corrected chi connectivity index (χ3v) is 3.33. The van der Waals surface area contributed by atoms with Crippen molar-refractivity contribution in [1.29, 1.82) is 5.26 Å². The van der Waals surface area contributed by atoms with Crippen LogP contribution in [0.2, 0.25) is 0 Å². The fourth-order valence-electron chi connectivity index (χ4n) is 1.54. The number of carbonyl (C=O) groups is 1. The summed E-state index contributed by atoms with van der Waals surface area (Å²) in [4.78, 5) is 13.6. The summed E-state index contributed by atoms with van der Waals surface area (Å²) in [5.41, 5.74) is 2.26. The summed E-state index contributed by atoms with van der Waals surface area (Å²) < 4.78 is 0. The lowest BCUT2D eigenvalue weighted by Crippen LogP contribution is -1.97. The van der Waals surface area contributed by atoms with Gasteiger partial charge in [-0.15, -0.1) is 0 Å². The van der Waals surface area contributed by atoms with Crippen molar-refractivity contribution in [3.8, 4) is 17.3 Å². The van der Waals surface area contributed by atoms with Gasteiger partial charge in [0.25, 0.3) is 0 Å². The van der Waals surface area contributed by atoms with Crippen LogP contribution in [0.4, 0.5) is 0 Å². The lowest BCUT2D eigenvalue weighted by atomic mass is 10.1. The highest BCUT2D eigenvalue weighted by Gasteiger charge is 2.11. The van der Waals surface area contributed by atoms with Gasteiger partial charge in [0.15, 0.2) is 0 Å². The van der Waals surface area contributed by atoms with Crippen LogP contribution in [0.1, 0.15) is 5.56 Å². The van der Waals surface area contributed by atoms with Crippen molar-refractivity contribution in [3.63, 3.8) is 0 Å². The summed E-state index contributed by atoms with van der Waals surface area (Å²) >= 11 is 1.12. The van der Waals surface area contributed by atoms with Gasteiger partial charge >= 0.3 is 5.97 Å². The van der Waals surface area contributed by atoms with Gasteiger partial charge in [-0.3, -0.25) is 4.79 Å². The Kier molecular flexibility index (Phi) is 3.70. The maximum atomic E-state index is 10.5. The number of hydrogen-bond acceptors (Lipinski definition) is 3. The summed E-state index contributed by atoms with van der Waals surface area (Å²) in [7, 11) is 0. The van der Waals surface area contributed by atoms with E-state index in [9.17, 15) is 4.79 Å².